The first kappa shape index (κ1) is 11.5. The Labute approximate surface area is 117 Å². The molecule has 0 saturated heterocycles. The highest BCUT2D eigenvalue weighted by Gasteiger charge is 2.19. The van der Waals surface area contributed by atoms with Crippen molar-refractivity contribution in [2.24, 2.45) is 5.92 Å². The minimum Gasteiger partial charge on any atom is -0.493 e. The molecule has 20 heavy (non-hydrogen) atoms. The Morgan fingerprint density at radius 2 is 2.20 bits per heavy atom. The quantitative estimate of drug-likeness (QED) is 0.770. The fourth-order valence-corrected chi connectivity index (χ4v) is 2.95. The Bertz CT molecular complexity index is 747. The van der Waals surface area contributed by atoms with Crippen molar-refractivity contribution in [1.82, 2.24) is 9.97 Å². The summed E-state index contributed by atoms with van der Waals surface area (Å²) in [6.45, 7) is 0.794. The van der Waals surface area contributed by atoms with Gasteiger partial charge >= 0.3 is 0 Å². The number of aromatic nitrogens is 2. The summed E-state index contributed by atoms with van der Waals surface area (Å²) in [7, 11) is 0. The first-order valence-electron chi connectivity index (χ1n) is 7.01. The largest absolute Gasteiger partial charge is 0.493 e. The maximum atomic E-state index is 5.85. The molecule has 0 amide bonds. The molecule has 3 aromatic rings. The lowest BCUT2D eigenvalue weighted by molar-refractivity contribution is 0.221. The Hall–Kier alpha value is -2.29. The number of ether oxygens (including phenoxy) is 1. The Balaban J connectivity index is 1.55. The number of pyridine rings is 1. The Morgan fingerprint density at radius 1 is 1.25 bits per heavy atom. The number of aromatic amines is 1. The molecule has 0 saturated carbocycles. The third-order valence-corrected chi connectivity index (χ3v) is 3.94. The summed E-state index contributed by atoms with van der Waals surface area (Å²) in [5.74, 6) is 1.58. The first-order valence-corrected chi connectivity index (χ1v) is 7.01. The predicted molar refractivity (Wildman–Crippen MR) is 78.9 cm³/mol. The van der Waals surface area contributed by atoms with Crippen LogP contribution in [0, 0.1) is 5.92 Å². The van der Waals surface area contributed by atoms with E-state index >= 15 is 0 Å². The van der Waals surface area contributed by atoms with Gasteiger partial charge < -0.3 is 9.72 Å². The minimum atomic E-state index is 0.531. The highest BCUT2D eigenvalue weighted by atomic mass is 16.5. The van der Waals surface area contributed by atoms with Gasteiger partial charge in [-0.05, 0) is 42.2 Å². The summed E-state index contributed by atoms with van der Waals surface area (Å²) in [6.07, 6.45) is 6.00. The molecule has 0 radical (unpaired) electrons. The van der Waals surface area contributed by atoms with Crippen LogP contribution in [0.3, 0.4) is 0 Å². The summed E-state index contributed by atoms with van der Waals surface area (Å²) in [5, 5.41) is 1.18. The van der Waals surface area contributed by atoms with E-state index in [0.717, 1.165) is 30.8 Å². The van der Waals surface area contributed by atoms with Crippen molar-refractivity contribution >= 4 is 11.0 Å². The van der Waals surface area contributed by atoms with Gasteiger partial charge in [0, 0.05) is 23.7 Å². The molecule has 1 aliphatic heterocycles. The van der Waals surface area contributed by atoms with Crippen molar-refractivity contribution in [2.75, 3.05) is 6.61 Å². The van der Waals surface area contributed by atoms with Crippen LogP contribution in [0.2, 0.25) is 0 Å². The summed E-state index contributed by atoms with van der Waals surface area (Å²) >= 11 is 0. The van der Waals surface area contributed by atoms with Crippen LogP contribution in [-0.4, -0.2) is 16.6 Å². The second-order valence-corrected chi connectivity index (χ2v) is 5.45. The fourth-order valence-electron chi connectivity index (χ4n) is 2.95. The monoisotopic (exact) mass is 264 g/mol. The Kier molecular flexibility index (Phi) is 2.69. The number of nitrogens with zero attached hydrogens (tertiary/aromatic N) is 1. The lowest BCUT2D eigenvalue weighted by Crippen LogP contribution is -2.22. The number of hydrogen-bond donors (Lipinski definition) is 1. The van der Waals surface area contributed by atoms with E-state index in [2.05, 4.69) is 40.3 Å². The van der Waals surface area contributed by atoms with Gasteiger partial charge in [0.2, 0.25) is 0 Å². The predicted octanol–water partition coefficient (Wildman–Crippen LogP) is 3.36. The minimum absolute atomic E-state index is 0.531. The zero-order valence-corrected chi connectivity index (χ0v) is 11.2. The molecular formula is C17H16N2O. The molecule has 0 bridgehead atoms. The van der Waals surface area contributed by atoms with Crippen molar-refractivity contribution in [3.63, 3.8) is 0 Å². The number of fused-ring (bicyclic) bond motifs is 2. The zero-order chi connectivity index (χ0) is 13.4. The highest BCUT2D eigenvalue weighted by Crippen LogP contribution is 2.28. The normalized spacial score (nSPS) is 17.7. The van der Waals surface area contributed by atoms with Gasteiger partial charge in [-0.1, -0.05) is 18.2 Å². The van der Waals surface area contributed by atoms with Gasteiger partial charge in [-0.3, -0.25) is 0 Å². The van der Waals surface area contributed by atoms with Gasteiger partial charge in [-0.25, -0.2) is 4.98 Å². The standard InChI is InChI=1S/C17H16N2O/c1-2-4-16-14(3-1)9-13(11-20-16)7-12-8-15-5-6-18-17(15)19-10-12/h1-6,8,10,13H,7,9,11H2,(H,18,19)/t13-/m1/s1. The van der Waals surface area contributed by atoms with E-state index in [1.165, 1.54) is 16.5 Å². The molecule has 100 valence electrons. The van der Waals surface area contributed by atoms with Crippen molar-refractivity contribution in [3.8, 4) is 5.75 Å². The number of nitrogens with one attached hydrogen (secondary N) is 1. The van der Waals surface area contributed by atoms with Crippen LogP contribution in [0.25, 0.3) is 11.0 Å². The van der Waals surface area contributed by atoms with E-state index in [4.69, 9.17) is 4.74 Å². The van der Waals surface area contributed by atoms with Gasteiger partial charge in [-0.2, -0.15) is 0 Å². The molecule has 1 aromatic carbocycles. The second kappa shape index (κ2) is 4.67. The molecule has 1 N–H and O–H groups in total. The highest BCUT2D eigenvalue weighted by molar-refractivity contribution is 5.75. The second-order valence-electron chi connectivity index (χ2n) is 5.45. The van der Waals surface area contributed by atoms with E-state index in [9.17, 15) is 0 Å². The smallest absolute Gasteiger partial charge is 0.137 e. The van der Waals surface area contributed by atoms with Crippen molar-refractivity contribution in [3.05, 3.63) is 59.9 Å². The molecular weight excluding hydrogens is 248 g/mol. The van der Waals surface area contributed by atoms with Crippen LogP contribution >= 0.6 is 0 Å². The third-order valence-electron chi connectivity index (χ3n) is 3.94. The van der Waals surface area contributed by atoms with E-state index in [0.29, 0.717) is 5.92 Å². The van der Waals surface area contributed by atoms with Crippen LogP contribution in [0.15, 0.2) is 48.8 Å². The molecule has 2 aromatic heterocycles. The van der Waals surface area contributed by atoms with Crippen LogP contribution in [0.5, 0.6) is 5.75 Å². The van der Waals surface area contributed by atoms with Gasteiger partial charge in [-0.15, -0.1) is 0 Å². The average Bonchev–Trinajstić information content (AvgIpc) is 2.95. The van der Waals surface area contributed by atoms with Crippen LogP contribution < -0.4 is 4.74 Å². The lowest BCUT2D eigenvalue weighted by atomic mass is 9.91. The van der Waals surface area contributed by atoms with Crippen molar-refractivity contribution in [2.45, 2.75) is 12.8 Å². The molecule has 0 unspecified atom stereocenters. The van der Waals surface area contributed by atoms with Gasteiger partial charge in [0.1, 0.15) is 11.4 Å². The third kappa shape index (κ3) is 2.05. The zero-order valence-electron chi connectivity index (χ0n) is 11.2. The van der Waals surface area contributed by atoms with Gasteiger partial charge in [0.25, 0.3) is 0 Å². The molecule has 0 fully saturated rings. The molecule has 3 nitrogen and oxygen atoms in total. The van der Waals surface area contributed by atoms with Crippen LogP contribution in [-0.2, 0) is 12.8 Å². The van der Waals surface area contributed by atoms with Gasteiger partial charge in [0.15, 0.2) is 0 Å². The maximum absolute atomic E-state index is 5.85. The molecule has 3 heterocycles. The fraction of sp³-hybridized carbons (Fsp3) is 0.235. The van der Waals surface area contributed by atoms with Crippen molar-refractivity contribution in [1.29, 1.82) is 0 Å². The summed E-state index contributed by atoms with van der Waals surface area (Å²) in [6, 6.07) is 12.6. The average molecular weight is 264 g/mol. The summed E-state index contributed by atoms with van der Waals surface area (Å²) in [5.41, 5.74) is 3.56. The number of rotatable bonds is 2. The summed E-state index contributed by atoms with van der Waals surface area (Å²) in [4.78, 5) is 7.58. The van der Waals surface area contributed by atoms with E-state index in [1.54, 1.807) is 0 Å². The van der Waals surface area contributed by atoms with Crippen molar-refractivity contribution < 1.29 is 4.74 Å². The molecule has 3 heteroatoms. The van der Waals surface area contributed by atoms with E-state index in [1.807, 2.05) is 18.5 Å². The van der Waals surface area contributed by atoms with Crippen LogP contribution in [0.1, 0.15) is 11.1 Å². The topological polar surface area (TPSA) is 37.9 Å². The molecule has 4 rings (SSSR count). The molecule has 1 aliphatic rings. The number of para-hydroxylation sites is 1. The Morgan fingerprint density at radius 3 is 3.20 bits per heavy atom. The number of benzene rings is 1. The molecule has 0 spiro atoms. The van der Waals surface area contributed by atoms with Crippen LogP contribution in [0.4, 0.5) is 0 Å². The van der Waals surface area contributed by atoms with E-state index in [-0.39, 0.29) is 0 Å². The molecule has 1 atom stereocenters. The summed E-state index contributed by atoms with van der Waals surface area (Å²) < 4.78 is 5.85. The lowest BCUT2D eigenvalue weighted by Gasteiger charge is -2.25. The molecule has 0 aliphatic carbocycles. The van der Waals surface area contributed by atoms with E-state index < -0.39 is 0 Å². The maximum Gasteiger partial charge on any atom is 0.137 e. The number of hydrogen-bond acceptors (Lipinski definition) is 2. The first-order chi connectivity index (χ1) is 9.88. The SMILES string of the molecule is c1ccc2c(c1)C[C@@H](Cc1cnc3[nH]ccc3c1)CO2. The van der Waals surface area contributed by atoms with Gasteiger partial charge in [0.05, 0.1) is 6.61 Å². The number of H-pyrrole nitrogens is 1.